The fourth-order valence-electron chi connectivity index (χ4n) is 1.73. The Hall–Kier alpha value is -2.30. The van der Waals surface area contributed by atoms with Crippen LogP contribution in [0.1, 0.15) is 22.5 Å². The van der Waals surface area contributed by atoms with Gasteiger partial charge in [-0.2, -0.15) is 5.10 Å². The second-order valence-corrected chi connectivity index (χ2v) is 4.23. The predicted octanol–water partition coefficient (Wildman–Crippen LogP) is 2.36. The van der Waals surface area contributed by atoms with Crippen LogP contribution in [0.4, 0.5) is 0 Å². The van der Waals surface area contributed by atoms with Gasteiger partial charge in [0.1, 0.15) is 5.75 Å². The molecule has 0 spiro atoms. The first-order valence-corrected chi connectivity index (χ1v) is 6.11. The Bertz CT molecular complexity index is 546. The molecule has 0 aliphatic carbocycles. The number of carboxylic acids is 1. The minimum absolute atomic E-state index is 0.263. The number of rotatable bonds is 6. The summed E-state index contributed by atoms with van der Waals surface area (Å²) in [6.07, 6.45) is 2.63. The van der Waals surface area contributed by atoms with E-state index in [9.17, 15) is 4.79 Å². The number of hydrogen-bond acceptors (Lipinski definition) is 3. The maximum atomic E-state index is 10.7. The number of benzene rings is 1. The van der Waals surface area contributed by atoms with E-state index in [1.807, 2.05) is 17.7 Å². The van der Waals surface area contributed by atoms with Crippen LogP contribution < -0.4 is 4.74 Å². The summed E-state index contributed by atoms with van der Waals surface area (Å²) >= 11 is 0. The van der Waals surface area contributed by atoms with E-state index in [1.165, 1.54) is 12.1 Å². The molecule has 0 unspecified atom stereocenters. The van der Waals surface area contributed by atoms with Crippen molar-refractivity contribution in [1.29, 1.82) is 0 Å². The molecule has 2 aromatic rings. The standard InChI is InChI=1S/C14H16N2O3/c1-11-7-8-15-16(11)9-2-10-19-13-5-3-12(4-6-13)14(17)18/h3-8H,2,9-10H2,1H3,(H,17,18). The van der Waals surface area contributed by atoms with Gasteiger partial charge in [0.25, 0.3) is 0 Å². The second kappa shape index (κ2) is 6.04. The average Bonchev–Trinajstić information content (AvgIpc) is 2.81. The van der Waals surface area contributed by atoms with E-state index in [4.69, 9.17) is 9.84 Å². The Balaban J connectivity index is 1.76. The van der Waals surface area contributed by atoms with Gasteiger partial charge in [0.15, 0.2) is 0 Å². The number of aromatic nitrogens is 2. The molecular weight excluding hydrogens is 244 g/mol. The van der Waals surface area contributed by atoms with Crippen molar-refractivity contribution in [1.82, 2.24) is 9.78 Å². The van der Waals surface area contributed by atoms with Crippen molar-refractivity contribution in [2.75, 3.05) is 6.61 Å². The number of nitrogens with zero attached hydrogens (tertiary/aromatic N) is 2. The van der Waals surface area contributed by atoms with E-state index in [2.05, 4.69) is 5.10 Å². The number of hydrogen-bond donors (Lipinski definition) is 1. The molecule has 1 aromatic heterocycles. The molecule has 1 N–H and O–H groups in total. The minimum atomic E-state index is -0.930. The Morgan fingerprint density at radius 1 is 1.32 bits per heavy atom. The number of ether oxygens (including phenoxy) is 1. The quantitative estimate of drug-likeness (QED) is 0.810. The van der Waals surface area contributed by atoms with Crippen LogP contribution in [0, 0.1) is 6.92 Å². The summed E-state index contributed by atoms with van der Waals surface area (Å²) < 4.78 is 7.47. The lowest BCUT2D eigenvalue weighted by Gasteiger charge is -2.07. The lowest BCUT2D eigenvalue weighted by molar-refractivity contribution is 0.0697. The summed E-state index contributed by atoms with van der Waals surface area (Å²) in [7, 11) is 0. The van der Waals surface area contributed by atoms with Crippen molar-refractivity contribution in [3.8, 4) is 5.75 Å². The molecular formula is C14H16N2O3. The zero-order chi connectivity index (χ0) is 13.7. The first-order valence-electron chi connectivity index (χ1n) is 6.11. The van der Waals surface area contributed by atoms with Gasteiger partial charge in [-0.05, 0) is 37.3 Å². The molecule has 0 bridgehead atoms. The summed E-state index contributed by atoms with van der Waals surface area (Å²) in [5.41, 5.74) is 1.39. The highest BCUT2D eigenvalue weighted by molar-refractivity contribution is 5.87. The number of carboxylic acid groups (broad SMARTS) is 1. The zero-order valence-electron chi connectivity index (χ0n) is 10.7. The highest BCUT2D eigenvalue weighted by Crippen LogP contribution is 2.12. The van der Waals surface area contributed by atoms with Crippen molar-refractivity contribution in [2.24, 2.45) is 0 Å². The van der Waals surface area contributed by atoms with Crippen LogP contribution in [0.3, 0.4) is 0 Å². The van der Waals surface area contributed by atoms with Crippen LogP contribution >= 0.6 is 0 Å². The first kappa shape index (κ1) is 13.1. The highest BCUT2D eigenvalue weighted by Gasteiger charge is 2.02. The molecule has 2 rings (SSSR count). The van der Waals surface area contributed by atoms with E-state index < -0.39 is 5.97 Å². The van der Waals surface area contributed by atoms with E-state index in [-0.39, 0.29) is 5.56 Å². The van der Waals surface area contributed by atoms with Crippen LogP contribution in [0.2, 0.25) is 0 Å². The summed E-state index contributed by atoms with van der Waals surface area (Å²) in [6.45, 7) is 3.40. The highest BCUT2D eigenvalue weighted by atomic mass is 16.5. The fraction of sp³-hybridized carbons (Fsp3) is 0.286. The summed E-state index contributed by atoms with van der Waals surface area (Å²) in [6, 6.07) is 8.38. The number of carbonyl (C=O) groups is 1. The van der Waals surface area contributed by atoms with Gasteiger partial charge in [0.05, 0.1) is 12.2 Å². The molecule has 19 heavy (non-hydrogen) atoms. The fourth-order valence-corrected chi connectivity index (χ4v) is 1.73. The maximum absolute atomic E-state index is 10.7. The third-order valence-corrected chi connectivity index (χ3v) is 2.81. The Labute approximate surface area is 111 Å². The van der Waals surface area contributed by atoms with Gasteiger partial charge in [-0.3, -0.25) is 4.68 Å². The van der Waals surface area contributed by atoms with Gasteiger partial charge in [-0.15, -0.1) is 0 Å². The first-order chi connectivity index (χ1) is 9.16. The maximum Gasteiger partial charge on any atom is 0.335 e. The van der Waals surface area contributed by atoms with Crippen molar-refractivity contribution < 1.29 is 14.6 Å². The molecule has 5 nitrogen and oxygen atoms in total. The smallest absolute Gasteiger partial charge is 0.335 e. The zero-order valence-corrected chi connectivity index (χ0v) is 10.7. The van der Waals surface area contributed by atoms with Gasteiger partial charge >= 0.3 is 5.97 Å². The van der Waals surface area contributed by atoms with Crippen LogP contribution in [0.25, 0.3) is 0 Å². The average molecular weight is 260 g/mol. The Morgan fingerprint density at radius 3 is 2.63 bits per heavy atom. The molecule has 0 fully saturated rings. The molecule has 0 atom stereocenters. The normalized spacial score (nSPS) is 10.4. The lowest BCUT2D eigenvalue weighted by Crippen LogP contribution is -2.07. The molecule has 0 aliphatic heterocycles. The third kappa shape index (κ3) is 3.58. The second-order valence-electron chi connectivity index (χ2n) is 4.23. The molecule has 100 valence electrons. The largest absolute Gasteiger partial charge is 0.494 e. The summed E-state index contributed by atoms with van der Waals surface area (Å²) in [5.74, 6) is -0.247. The van der Waals surface area contributed by atoms with Gasteiger partial charge in [0.2, 0.25) is 0 Å². The van der Waals surface area contributed by atoms with Crippen LogP contribution in [0.15, 0.2) is 36.5 Å². The van der Waals surface area contributed by atoms with E-state index in [0.717, 1.165) is 18.7 Å². The molecule has 0 radical (unpaired) electrons. The van der Waals surface area contributed by atoms with Crippen molar-refractivity contribution in [3.63, 3.8) is 0 Å². The minimum Gasteiger partial charge on any atom is -0.494 e. The van der Waals surface area contributed by atoms with Gasteiger partial charge in [-0.1, -0.05) is 0 Å². The molecule has 0 saturated carbocycles. The monoisotopic (exact) mass is 260 g/mol. The molecule has 1 aromatic carbocycles. The molecule has 1 heterocycles. The van der Waals surface area contributed by atoms with Crippen molar-refractivity contribution >= 4 is 5.97 Å². The van der Waals surface area contributed by atoms with E-state index in [0.29, 0.717) is 12.4 Å². The molecule has 0 amide bonds. The van der Waals surface area contributed by atoms with E-state index >= 15 is 0 Å². The van der Waals surface area contributed by atoms with E-state index in [1.54, 1.807) is 18.3 Å². The van der Waals surface area contributed by atoms with Gasteiger partial charge in [0, 0.05) is 24.9 Å². The Kier molecular flexibility index (Phi) is 4.18. The SMILES string of the molecule is Cc1ccnn1CCCOc1ccc(C(=O)O)cc1. The van der Waals surface area contributed by atoms with Crippen LogP contribution in [-0.4, -0.2) is 27.5 Å². The van der Waals surface area contributed by atoms with Crippen LogP contribution in [-0.2, 0) is 6.54 Å². The summed E-state index contributed by atoms with van der Waals surface area (Å²) in [4.78, 5) is 10.7. The van der Waals surface area contributed by atoms with Crippen molar-refractivity contribution in [2.45, 2.75) is 19.9 Å². The topological polar surface area (TPSA) is 64.4 Å². The molecule has 0 aliphatic rings. The number of aromatic carboxylic acids is 1. The molecule has 0 saturated heterocycles. The molecule has 5 heteroatoms. The van der Waals surface area contributed by atoms with Crippen molar-refractivity contribution in [3.05, 3.63) is 47.8 Å². The van der Waals surface area contributed by atoms with Crippen LogP contribution in [0.5, 0.6) is 5.75 Å². The Morgan fingerprint density at radius 2 is 2.05 bits per heavy atom. The van der Waals surface area contributed by atoms with Gasteiger partial charge in [-0.25, -0.2) is 4.79 Å². The number of aryl methyl sites for hydroxylation is 2. The third-order valence-electron chi connectivity index (χ3n) is 2.81. The summed E-state index contributed by atoms with van der Waals surface area (Å²) in [5, 5.41) is 13.0. The van der Waals surface area contributed by atoms with Gasteiger partial charge < -0.3 is 9.84 Å². The lowest BCUT2D eigenvalue weighted by atomic mass is 10.2. The predicted molar refractivity (Wildman–Crippen MR) is 70.5 cm³/mol.